The number of aryl methyl sites for hydroxylation is 1. The molecule has 8 heteroatoms. The molecular weight excluding hydrogens is 290 g/mol. The van der Waals surface area contributed by atoms with Gasteiger partial charge in [-0.1, -0.05) is 13.0 Å². The van der Waals surface area contributed by atoms with Gasteiger partial charge in [0, 0.05) is 30.5 Å². The molecule has 0 saturated heterocycles. The number of hydrogen-bond acceptors (Lipinski definition) is 5. The molecule has 0 aliphatic carbocycles. The SMILES string of the molecule is CCNCc1cn[nH]c1S(=O)(=O)NCc1ccc(C)nc1. The van der Waals surface area contributed by atoms with Crippen molar-refractivity contribution in [2.45, 2.75) is 32.0 Å². The van der Waals surface area contributed by atoms with Crippen LogP contribution in [-0.4, -0.2) is 30.1 Å². The number of hydrogen-bond donors (Lipinski definition) is 3. The summed E-state index contributed by atoms with van der Waals surface area (Å²) in [4.78, 5) is 4.14. The van der Waals surface area contributed by atoms with Gasteiger partial charge < -0.3 is 5.32 Å². The lowest BCUT2D eigenvalue weighted by Crippen LogP contribution is -2.25. The maximum Gasteiger partial charge on any atom is 0.258 e. The Morgan fingerprint density at radius 3 is 2.71 bits per heavy atom. The van der Waals surface area contributed by atoms with Crippen molar-refractivity contribution in [1.82, 2.24) is 25.2 Å². The van der Waals surface area contributed by atoms with E-state index < -0.39 is 10.0 Å². The van der Waals surface area contributed by atoms with Crippen LogP contribution in [0.2, 0.25) is 0 Å². The second kappa shape index (κ2) is 6.79. The van der Waals surface area contributed by atoms with Gasteiger partial charge in [-0.3, -0.25) is 10.1 Å². The summed E-state index contributed by atoms with van der Waals surface area (Å²) in [5, 5.41) is 9.54. The van der Waals surface area contributed by atoms with E-state index in [-0.39, 0.29) is 11.6 Å². The minimum Gasteiger partial charge on any atom is -0.313 e. The molecule has 2 heterocycles. The van der Waals surface area contributed by atoms with Crippen molar-refractivity contribution in [2.75, 3.05) is 6.54 Å². The van der Waals surface area contributed by atoms with E-state index in [9.17, 15) is 8.42 Å². The second-order valence-corrected chi connectivity index (χ2v) is 6.34. The number of nitrogens with one attached hydrogen (secondary N) is 3. The number of nitrogens with zero attached hydrogens (tertiary/aromatic N) is 2. The third-order valence-electron chi connectivity index (χ3n) is 2.95. The molecule has 0 spiro atoms. The summed E-state index contributed by atoms with van der Waals surface area (Å²) in [5.41, 5.74) is 2.31. The molecule has 0 radical (unpaired) electrons. The number of aromatic amines is 1. The van der Waals surface area contributed by atoms with E-state index >= 15 is 0 Å². The van der Waals surface area contributed by atoms with Crippen LogP contribution < -0.4 is 10.0 Å². The van der Waals surface area contributed by atoms with E-state index in [1.54, 1.807) is 6.20 Å². The highest BCUT2D eigenvalue weighted by atomic mass is 32.2. The van der Waals surface area contributed by atoms with Gasteiger partial charge in [-0.05, 0) is 25.1 Å². The van der Waals surface area contributed by atoms with Gasteiger partial charge in [0.1, 0.15) is 0 Å². The Labute approximate surface area is 124 Å². The number of rotatable bonds is 7. The van der Waals surface area contributed by atoms with E-state index in [0.717, 1.165) is 17.8 Å². The van der Waals surface area contributed by atoms with Gasteiger partial charge in [-0.25, -0.2) is 13.1 Å². The molecule has 2 aromatic rings. The first-order valence-corrected chi connectivity index (χ1v) is 8.15. The van der Waals surface area contributed by atoms with E-state index in [0.29, 0.717) is 12.1 Å². The zero-order valence-corrected chi connectivity index (χ0v) is 12.9. The first-order chi connectivity index (χ1) is 10.0. The quantitative estimate of drug-likeness (QED) is 0.699. The molecule has 0 unspecified atom stereocenters. The number of pyridine rings is 1. The van der Waals surface area contributed by atoms with Crippen molar-refractivity contribution in [2.24, 2.45) is 0 Å². The lowest BCUT2D eigenvalue weighted by molar-refractivity contribution is 0.574. The molecule has 0 aliphatic heterocycles. The van der Waals surface area contributed by atoms with Gasteiger partial charge in [-0.2, -0.15) is 5.10 Å². The smallest absolute Gasteiger partial charge is 0.258 e. The monoisotopic (exact) mass is 309 g/mol. The fraction of sp³-hybridized carbons (Fsp3) is 0.385. The summed E-state index contributed by atoms with van der Waals surface area (Å²) in [5.74, 6) is 0. The molecular formula is C13H19N5O2S. The summed E-state index contributed by atoms with van der Waals surface area (Å²) >= 11 is 0. The molecule has 21 heavy (non-hydrogen) atoms. The Balaban J connectivity index is 2.08. The van der Waals surface area contributed by atoms with Gasteiger partial charge in [-0.15, -0.1) is 0 Å². The first-order valence-electron chi connectivity index (χ1n) is 6.67. The molecule has 0 atom stereocenters. The normalized spacial score (nSPS) is 11.7. The second-order valence-electron chi connectivity index (χ2n) is 4.64. The maximum atomic E-state index is 12.3. The number of H-pyrrole nitrogens is 1. The predicted molar refractivity (Wildman–Crippen MR) is 79.0 cm³/mol. The summed E-state index contributed by atoms with van der Waals surface area (Å²) in [6, 6.07) is 3.69. The van der Waals surface area contributed by atoms with Crippen molar-refractivity contribution in [3.05, 3.63) is 41.3 Å². The van der Waals surface area contributed by atoms with Crippen LogP contribution in [0, 0.1) is 6.92 Å². The van der Waals surface area contributed by atoms with E-state index in [1.807, 2.05) is 26.0 Å². The van der Waals surface area contributed by atoms with Crippen molar-refractivity contribution >= 4 is 10.0 Å². The van der Waals surface area contributed by atoms with Crippen LogP contribution in [0.4, 0.5) is 0 Å². The summed E-state index contributed by atoms with van der Waals surface area (Å²) in [7, 11) is -3.62. The standard InChI is InChI=1S/C13H19N5O2S/c1-3-14-8-12-9-16-18-13(12)21(19,20)17-7-11-5-4-10(2)15-6-11/h4-6,9,14,17H,3,7-8H2,1-2H3,(H,16,18). The van der Waals surface area contributed by atoms with Crippen LogP contribution in [0.25, 0.3) is 0 Å². The lowest BCUT2D eigenvalue weighted by Gasteiger charge is -2.07. The topological polar surface area (TPSA) is 99.8 Å². The molecule has 0 bridgehead atoms. The molecule has 3 N–H and O–H groups in total. The Morgan fingerprint density at radius 2 is 2.05 bits per heavy atom. The zero-order valence-electron chi connectivity index (χ0n) is 12.0. The van der Waals surface area contributed by atoms with Crippen LogP contribution in [0.1, 0.15) is 23.7 Å². The highest BCUT2D eigenvalue weighted by molar-refractivity contribution is 7.89. The van der Waals surface area contributed by atoms with Crippen molar-refractivity contribution in [3.8, 4) is 0 Å². The maximum absolute atomic E-state index is 12.3. The fourth-order valence-corrected chi connectivity index (χ4v) is 2.91. The third kappa shape index (κ3) is 4.10. The molecule has 0 aromatic carbocycles. The first kappa shape index (κ1) is 15.6. The van der Waals surface area contributed by atoms with E-state index in [1.165, 1.54) is 6.20 Å². The number of aromatic nitrogens is 3. The van der Waals surface area contributed by atoms with Gasteiger partial charge >= 0.3 is 0 Å². The van der Waals surface area contributed by atoms with E-state index in [4.69, 9.17) is 0 Å². The van der Waals surface area contributed by atoms with Gasteiger partial charge in [0.2, 0.25) is 0 Å². The predicted octanol–water partition coefficient (Wildman–Crippen LogP) is 0.701. The van der Waals surface area contributed by atoms with Crippen molar-refractivity contribution in [3.63, 3.8) is 0 Å². The Morgan fingerprint density at radius 1 is 1.24 bits per heavy atom. The van der Waals surface area contributed by atoms with Gasteiger partial charge in [0.05, 0.1) is 6.20 Å². The molecule has 0 fully saturated rings. The molecule has 0 aliphatic rings. The minimum absolute atomic E-state index is 0.100. The summed E-state index contributed by atoms with van der Waals surface area (Å²) < 4.78 is 27.1. The van der Waals surface area contributed by atoms with Crippen LogP contribution >= 0.6 is 0 Å². The lowest BCUT2D eigenvalue weighted by atomic mass is 10.2. The summed E-state index contributed by atoms with van der Waals surface area (Å²) in [6.07, 6.45) is 3.18. The number of sulfonamides is 1. The average Bonchev–Trinajstić information content (AvgIpc) is 2.94. The molecule has 7 nitrogen and oxygen atoms in total. The van der Waals surface area contributed by atoms with Crippen molar-refractivity contribution in [1.29, 1.82) is 0 Å². The molecule has 114 valence electrons. The van der Waals surface area contributed by atoms with Crippen LogP contribution in [0.3, 0.4) is 0 Å². The molecule has 0 saturated carbocycles. The average molecular weight is 309 g/mol. The third-order valence-corrected chi connectivity index (χ3v) is 4.37. The molecule has 0 amide bonds. The molecule has 2 aromatic heterocycles. The van der Waals surface area contributed by atoms with Crippen LogP contribution in [0.5, 0.6) is 0 Å². The Hall–Kier alpha value is -1.77. The minimum atomic E-state index is -3.62. The Bertz CT molecular complexity index is 679. The van der Waals surface area contributed by atoms with Crippen molar-refractivity contribution < 1.29 is 8.42 Å². The molecule has 2 rings (SSSR count). The highest BCUT2D eigenvalue weighted by Crippen LogP contribution is 2.12. The largest absolute Gasteiger partial charge is 0.313 e. The summed E-state index contributed by atoms with van der Waals surface area (Å²) in [6.45, 7) is 5.24. The van der Waals surface area contributed by atoms with Crippen LogP contribution in [-0.2, 0) is 23.1 Å². The Kier molecular flexibility index (Phi) is 5.05. The van der Waals surface area contributed by atoms with E-state index in [2.05, 4.69) is 25.2 Å². The fourth-order valence-electron chi connectivity index (χ4n) is 1.77. The van der Waals surface area contributed by atoms with Gasteiger partial charge in [0.25, 0.3) is 10.0 Å². The zero-order chi connectivity index (χ0) is 15.3. The highest BCUT2D eigenvalue weighted by Gasteiger charge is 2.20. The van der Waals surface area contributed by atoms with Crippen LogP contribution in [0.15, 0.2) is 29.6 Å². The van der Waals surface area contributed by atoms with Gasteiger partial charge in [0.15, 0.2) is 5.03 Å².